The number of hydrogen-bond acceptors (Lipinski definition) is 4. The minimum atomic E-state index is -0.204. The molecule has 1 heterocycles. The van der Waals surface area contributed by atoms with Crippen LogP contribution in [0.3, 0.4) is 0 Å². The fraction of sp³-hybridized carbons (Fsp3) is 0.357. The van der Waals surface area contributed by atoms with Crippen LogP contribution in [0.25, 0.3) is 11.4 Å². The van der Waals surface area contributed by atoms with Crippen LogP contribution in [0, 0.1) is 0 Å². The molecular weight excluding hydrogens is 256 g/mol. The summed E-state index contributed by atoms with van der Waals surface area (Å²) in [5.41, 5.74) is 1.88. The summed E-state index contributed by atoms with van der Waals surface area (Å²) in [7, 11) is 5.01. The maximum Gasteiger partial charge on any atom is 0.290 e. The smallest absolute Gasteiger partial charge is 0.290 e. The molecule has 1 N–H and O–H groups in total. The van der Waals surface area contributed by atoms with Gasteiger partial charge in [0, 0.05) is 26.8 Å². The van der Waals surface area contributed by atoms with Gasteiger partial charge >= 0.3 is 0 Å². The van der Waals surface area contributed by atoms with E-state index in [1.165, 1.54) is 4.90 Å². The number of aromatic nitrogens is 3. The number of carbonyl (C=O) groups excluding carboxylic acids is 1. The molecule has 20 heavy (non-hydrogen) atoms. The van der Waals surface area contributed by atoms with E-state index < -0.39 is 0 Å². The van der Waals surface area contributed by atoms with Crippen molar-refractivity contribution in [1.29, 1.82) is 0 Å². The molecule has 0 unspecified atom stereocenters. The summed E-state index contributed by atoms with van der Waals surface area (Å²) in [6.07, 6.45) is -0.00299. The Morgan fingerprint density at radius 2 is 2.15 bits per heavy atom. The molecule has 0 aliphatic rings. The van der Waals surface area contributed by atoms with Crippen molar-refractivity contribution in [3.05, 3.63) is 35.7 Å². The molecule has 0 saturated carbocycles. The Morgan fingerprint density at radius 1 is 1.40 bits per heavy atom. The van der Waals surface area contributed by atoms with Crippen LogP contribution >= 0.6 is 0 Å². The van der Waals surface area contributed by atoms with Gasteiger partial charge in [0.25, 0.3) is 5.91 Å². The Hall–Kier alpha value is -2.21. The number of amides is 1. The highest BCUT2D eigenvalue weighted by molar-refractivity contribution is 5.90. The second-order valence-corrected chi connectivity index (χ2v) is 4.71. The summed E-state index contributed by atoms with van der Waals surface area (Å²) >= 11 is 0. The average molecular weight is 274 g/mol. The van der Waals surface area contributed by atoms with Gasteiger partial charge in [-0.2, -0.15) is 5.10 Å². The van der Waals surface area contributed by atoms with E-state index >= 15 is 0 Å². The van der Waals surface area contributed by atoms with Gasteiger partial charge in [0.2, 0.25) is 5.82 Å². The molecule has 1 amide bonds. The Balaban J connectivity index is 2.31. The molecule has 0 aliphatic heterocycles. The van der Waals surface area contributed by atoms with Crippen LogP contribution in [0.5, 0.6) is 0 Å². The summed E-state index contributed by atoms with van der Waals surface area (Å²) in [6, 6.07) is 7.76. The zero-order valence-electron chi connectivity index (χ0n) is 12.0. The molecule has 1 aromatic heterocycles. The van der Waals surface area contributed by atoms with Gasteiger partial charge in [-0.25, -0.2) is 4.98 Å². The van der Waals surface area contributed by atoms with Gasteiger partial charge < -0.3 is 9.64 Å². The lowest BCUT2D eigenvalue weighted by molar-refractivity contribution is 0.0816. The van der Waals surface area contributed by atoms with Crippen LogP contribution in [-0.2, 0) is 4.74 Å². The zero-order chi connectivity index (χ0) is 14.7. The van der Waals surface area contributed by atoms with Crippen molar-refractivity contribution in [1.82, 2.24) is 20.1 Å². The first kappa shape index (κ1) is 14.2. The first-order valence-corrected chi connectivity index (χ1v) is 6.30. The lowest BCUT2D eigenvalue weighted by atomic mass is 10.1. The Morgan fingerprint density at radius 3 is 2.80 bits per heavy atom. The summed E-state index contributed by atoms with van der Waals surface area (Å²) in [6.45, 7) is 1.97. The molecule has 1 aromatic carbocycles. The monoisotopic (exact) mass is 274 g/mol. The van der Waals surface area contributed by atoms with Crippen LogP contribution in [-0.4, -0.2) is 47.2 Å². The lowest BCUT2D eigenvalue weighted by Crippen LogP contribution is -2.22. The average Bonchev–Trinajstić information content (AvgIpc) is 2.95. The number of benzene rings is 1. The van der Waals surface area contributed by atoms with E-state index in [1.54, 1.807) is 21.2 Å². The van der Waals surface area contributed by atoms with Crippen LogP contribution in [0.15, 0.2) is 24.3 Å². The van der Waals surface area contributed by atoms with E-state index in [9.17, 15) is 4.79 Å². The van der Waals surface area contributed by atoms with Crippen molar-refractivity contribution in [2.45, 2.75) is 13.0 Å². The minimum Gasteiger partial charge on any atom is -0.377 e. The van der Waals surface area contributed by atoms with Crippen molar-refractivity contribution >= 4 is 5.91 Å². The van der Waals surface area contributed by atoms with Gasteiger partial charge in [-0.3, -0.25) is 9.89 Å². The van der Waals surface area contributed by atoms with Crippen LogP contribution in [0.1, 0.15) is 29.2 Å². The van der Waals surface area contributed by atoms with E-state index in [2.05, 4.69) is 15.2 Å². The fourth-order valence-electron chi connectivity index (χ4n) is 1.77. The van der Waals surface area contributed by atoms with E-state index in [4.69, 9.17) is 4.74 Å². The van der Waals surface area contributed by atoms with Gasteiger partial charge in [-0.15, -0.1) is 0 Å². The minimum absolute atomic E-state index is 0.00299. The first-order chi connectivity index (χ1) is 9.52. The number of H-pyrrole nitrogens is 1. The predicted molar refractivity (Wildman–Crippen MR) is 75.3 cm³/mol. The van der Waals surface area contributed by atoms with Crippen LogP contribution < -0.4 is 0 Å². The molecule has 1 atom stereocenters. The molecular formula is C14H18N4O2. The predicted octanol–water partition coefficient (Wildman–Crippen LogP) is 1.88. The summed E-state index contributed by atoms with van der Waals surface area (Å²) in [4.78, 5) is 17.5. The molecule has 0 radical (unpaired) electrons. The summed E-state index contributed by atoms with van der Waals surface area (Å²) in [5, 5.41) is 6.76. The zero-order valence-corrected chi connectivity index (χ0v) is 12.0. The number of methoxy groups -OCH3 is 1. The van der Waals surface area contributed by atoms with Gasteiger partial charge in [-0.1, -0.05) is 18.2 Å². The molecule has 6 nitrogen and oxygen atoms in total. The third-order valence-corrected chi connectivity index (χ3v) is 3.06. The van der Waals surface area contributed by atoms with Crippen LogP contribution in [0.2, 0.25) is 0 Å². The quantitative estimate of drug-likeness (QED) is 0.924. The van der Waals surface area contributed by atoms with Crippen molar-refractivity contribution < 1.29 is 9.53 Å². The SMILES string of the molecule is CO[C@H](C)c1cccc(-c2n[nH]c(C(=O)N(C)C)n2)c1. The number of rotatable bonds is 4. The Kier molecular flexibility index (Phi) is 4.14. The third kappa shape index (κ3) is 2.85. The van der Waals surface area contributed by atoms with E-state index in [0.717, 1.165) is 11.1 Å². The van der Waals surface area contributed by atoms with Gasteiger partial charge in [0.05, 0.1) is 6.10 Å². The normalized spacial score (nSPS) is 12.2. The molecule has 106 valence electrons. The van der Waals surface area contributed by atoms with Crippen molar-refractivity contribution in [3.8, 4) is 11.4 Å². The lowest BCUT2D eigenvalue weighted by Gasteiger charge is -2.10. The van der Waals surface area contributed by atoms with Crippen LogP contribution in [0.4, 0.5) is 0 Å². The molecule has 6 heteroatoms. The highest BCUT2D eigenvalue weighted by atomic mass is 16.5. The van der Waals surface area contributed by atoms with E-state index in [1.807, 2.05) is 31.2 Å². The largest absolute Gasteiger partial charge is 0.377 e. The topological polar surface area (TPSA) is 71.1 Å². The summed E-state index contributed by atoms with van der Waals surface area (Å²) < 4.78 is 5.29. The van der Waals surface area contributed by atoms with Gasteiger partial charge in [0.15, 0.2) is 5.82 Å². The first-order valence-electron chi connectivity index (χ1n) is 6.30. The Bertz CT molecular complexity index is 607. The van der Waals surface area contributed by atoms with Crippen molar-refractivity contribution in [3.63, 3.8) is 0 Å². The highest BCUT2D eigenvalue weighted by Crippen LogP contribution is 2.22. The highest BCUT2D eigenvalue weighted by Gasteiger charge is 2.15. The van der Waals surface area contributed by atoms with Gasteiger partial charge in [0.1, 0.15) is 0 Å². The second kappa shape index (κ2) is 5.83. The fourth-order valence-corrected chi connectivity index (χ4v) is 1.77. The molecule has 0 saturated heterocycles. The number of hydrogen-bond donors (Lipinski definition) is 1. The van der Waals surface area contributed by atoms with E-state index in [0.29, 0.717) is 5.82 Å². The number of nitrogens with one attached hydrogen (secondary N) is 1. The third-order valence-electron chi connectivity index (χ3n) is 3.06. The second-order valence-electron chi connectivity index (χ2n) is 4.71. The molecule has 2 rings (SSSR count). The maximum atomic E-state index is 11.8. The number of carbonyl (C=O) groups is 1. The number of nitrogens with zero attached hydrogens (tertiary/aromatic N) is 3. The van der Waals surface area contributed by atoms with Crippen molar-refractivity contribution in [2.24, 2.45) is 0 Å². The van der Waals surface area contributed by atoms with Crippen molar-refractivity contribution in [2.75, 3.05) is 21.2 Å². The molecule has 0 aliphatic carbocycles. The van der Waals surface area contributed by atoms with E-state index in [-0.39, 0.29) is 17.8 Å². The molecule has 2 aromatic rings. The number of aromatic amines is 1. The Labute approximate surface area is 117 Å². The maximum absolute atomic E-state index is 11.8. The molecule has 0 spiro atoms. The molecule has 0 fully saturated rings. The molecule has 0 bridgehead atoms. The standard InChI is InChI=1S/C14H18N4O2/c1-9(20-4)10-6-5-7-11(8-10)12-15-13(17-16-12)14(19)18(2)3/h5-9H,1-4H3,(H,15,16,17)/t9-/m1/s1. The number of ether oxygens (including phenoxy) is 1. The summed E-state index contributed by atoms with van der Waals surface area (Å²) in [5.74, 6) is 0.528. The van der Waals surface area contributed by atoms with Gasteiger partial charge in [-0.05, 0) is 18.6 Å².